The number of rotatable bonds is 6. The number of methoxy groups -OCH3 is 2. The van der Waals surface area contributed by atoms with E-state index in [1.54, 1.807) is 12.1 Å². The number of ether oxygens (including phenoxy) is 3. The summed E-state index contributed by atoms with van der Waals surface area (Å²) < 4.78 is 57.1. The van der Waals surface area contributed by atoms with Crippen molar-refractivity contribution in [2.75, 3.05) is 14.2 Å². The molecule has 156 valence electrons. The van der Waals surface area contributed by atoms with Crippen LogP contribution in [0, 0.1) is 17.5 Å². The van der Waals surface area contributed by atoms with Gasteiger partial charge in [-0.1, -0.05) is 37.3 Å². The Kier molecular flexibility index (Phi) is 6.30. The van der Waals surface area contributed by atoms with E-state index in [0.29, 0.717) is 17.4 Å². The molecule has 0 fully saturated rings. The summed E-state index contributed by atoms with van der Waals surface area (Å²) in [6.45, 7) is 1.91. The number of halogens is 3. The van der Waals surface area contributed by atoms with Crippen LogP contribution >= 0.6 is 0 Å². The molecule has 1 atom stereocenters. The Hall–Kier alpha value is -3.48. The first kappa shape index (κ1) is 21.2. The van der Waals surface area contributed by atoms with Gasteiger partial charge in [-0.05, 0) is 29.8 Å². The van der Waals surface area contributed by atoms with Crippen LogP contribution in [0.4, 0.5) is 13.2 Å². The molecule has 3 aromatic rings. The molecule has 0 heterocycles. The molecule has 0 spiro atoms. The van der Waals surface area contributed by atoms with Gasteiger partial charge in [-0.3, -0.25) is 0 Å². The highest BCUT2D eigenvalue weighted by Gasteiger charge is 2.26. The average Bonchev–Trinajstić information content (AvgIpc) is 2.77. The fourth-order valence-electron chi connectivity index (χ4n) is 3.07. The highest BCUT2D eigenvalue weighted by atomic mass is 19.2. The third-order valence-corrected chi connectivity index (χ3v) is 4.73. The van der Waals surface area contributed by atoms with Crippen molar-refractivity contribution in [3.05, 3.63) is 88.7 Å². The fraction of sp³-hybridized carbons (Fsp3) is 0.174. The Balaban J connectivity index is 2.01. The maximum atomic E-state index is 14.5. The number of carbonyl (C=O) groups is 1. The lowest BCUT2D eigenvalue weighted by Gasteiger charge is -2.18. The Morgan fingerprint density at radius 2 is 1.60 bits per heavy atom. The SMILES string of the molecule is COc1ccc(OC(=O)c2cc(F)c(F)c(OC)c2F)c(C(C)c2ccccc2)c1. The van der Waals surface area contributed by atoms with Crippen LogP contribution in [0.1, 0.15) is 34.3 Å². The van der Waals surface area contributed by atoms with Crippen LogP contribution in [0.25, 0.3) is 0 Å². The molecule has 0 N–H and O–H groups in total. The van der Waals surface area contributed by atoms with Gasteiger partial charge in [0.2, 0.25) is 5.82 Å². The molecule has 0 radical (unpaired) electrons. The molecule has 0 aromatic heterocycles. The molecule has 0 aliphatic rings. The summed E-state index contributed by atoms with van der Waals surface area (Å²) in [7, 11) is 2.47. The molecule has 0 saturated carbocycles. The topological polar surface area (TPSA) is 44.8 Å². The fourth-order valence-corrected chi connectivity index (χ4v) is 3.07. The van der Waals surface area contributed by atoms with E-state index in [1.165, 1.54) is 13.2 Å². The number of benzene rings is 3. The monoisotopic (exact) mass is 416 g/mol. The Morgan fingerprint density at radius 1 is 0.900 bits per heavy atom. The normalized spacial score (nSPS) is 11.7. The lowest BCUT2D eigenvalue weighted by molar-refractivity contribution is 0.0726. The minimum Gasteiger partial charge on any atom is -0.497 e. The molecule has 0 saturated heterocycles. The maximum Gasteiger partial charge on any atom is 0.346 e. The quantitative estimate of drug-likeness (QED) is 0.303. The van der Waals surface area contributed by atoms with E-state index >= 15 is 0 Å². The first-order chi connectivity index (χ1) is 14.4. The number of hydrogen-bond donors (Lipinski definition) is 0. The summed E-state index contributed by atoms with van der Waals surface area (Å²) in [4.78, 5) is 12.6. The zero-order valence-corrected chi connectivity index (χ0v) is 16.5. The van der Waals surface area contributed by atoms with Crippen LogP contribution in [0.15, 0.2) is 54.6 Å². The minimum absolute atomic E-state index is 0.139. The van der Waals surface area contributed by atoms with Gasteiger partial charge in [0.15, 0.2) is 17.4 Å². The van der Waals surface area contributed by atoms with Crippen LogP contribution in [-0.2, 0) is 0 Å². The average molecular weight is 416 g/mol. The van der Waals surface area contributed by atoms with Gasteiger partial charge in [-0.25, -0.2) is 13.6 Å². The number of hydrogen-bond acceptors (Lipinski definition) is 4. The van der Waals surface area contributed by atoms with Gasteiger partial charge in [0.25, 0.3) is 0 Å². The second kappa shape index (κ2) is 8.90. The van der Waals surface area contributed by atoms with Crippen molar-refractivity contribution in [3.63, 3.8) is 0 Å². The van der Waals surface area contributed by atoms with Crippen molar-refractivity contribution in [2.24, 2.45) is 0 Å². The van der Waals surface area contributed by atoms with Crippen molar-refractivity contribution in [1.82, 2.24) is 0 Å². The second-order valence-electron chi connectivity index (χ2n) is 6.49. The Labute approximate surface area is 171 Å². The molecule has 0 bridgehead atoms. The van der Waals surface area contributed by atoms with Crippen LogP contribution in [0.3, 0.4) is 0 Å². The molecule has 7 heteroatoms. The van der Waals surface area contributed by atoms with Crippen molar-refractivity contribution in [3.8, 4) is 17.2 Å². The Morgan fingerprint density at radius 3 is 2.23 bits per heavy atom. The van der Waals surface area contributed by atoms with Crippen LogP contribution in [0.5, 0.6) is 17.2 Å². The summed E-state index contributed by atoms with van der Waals surface area (Å²) in [6, 6.07) is 14.7. The van der Waals surface area contributed by atoms with Crippen molar-refractivity contribution in [1.29, 1.82) is 0 Å². The van der Waals surface area contributed by atoms with Gasteiger partial charge in [-0.2, -0.15) is 4.39 Å². The third kappa shape index (κ3) is 4.10. The summed E-state index contributed by atoms with van der Waals surface area (Å²) in [5.74, 6) is -5.98. The largest absolute Gasteiger partial charge is 0.497 e. The second-order valence-corrected chi connectivity index (χ2v) is 6.49. The van der Waals surface area contributed by atoms with Crippen LogP contribution in [0.2, 0.25) is 0 Å². The minimum atomic E-state index is -1.52. The smallest absolute Gasteiger partial charge is 0.346 e. The summed E-state index contributed by atoms with van der Waals surface area (Å²) >= 11 is 0. The molecule has 0 amide bonds. The molecule has 3 rings (SSSR count). The lowest BCUT2D eigenvalue weighted by Crippen LogP contribution is -2.15. The number of carbonyl (C=O) groups excluding carboxylic acids is 1. The van der Waals surface area contributed by atoms with Gasteiger partial charge in [0, 0.05) is 11.5 Å². The van der Waals surface area contributed by atoms with Gasteiger partial charge in [0.05, 0.1) is 14.2 Å². The first-order valence-electron chi connectivity index (χ1n) is 9.03. The van der Waals surface area contributed by atoms with E-state index in [2.05, 4.69) is 4.74 Å². The molecule has 1 unspecified atom stereocenters. The molecular formula is C23H19F3O4. The molecule has 0 aliphatic heterocycles. The predicted octanol–water partition coefficient (Wildman–Crippen LogP) is 5.49. The van der Waals surface area contributed by atoms with Crippen molar-refractivity contribution >= 4 is 5.97 Å². The molecule has 30 heavy (non-hydrogen) atoms. The molecular weight excluding hydrogens is 397 g/mol. The maximum absolute atomic E-state index is 14.5. The standard InChI is InChI=1S/C23H19F3O4/c1-13(14-7-5-4-6-8-14)16-11-15(28-2)9-10-19(16)30-23(27)17-12-18(24)21(26)22(29-3)20(17)25/h4-13H,1-3H3. The van der Waals surface area contributed by atoms with E-state index in [-0.39, 0.29) is 11.7 Å². The highest BCUT2D eigenvalue weighted by Crippen LogP contribution is 2.35. The van der Waals surface area contributed by atoms with E-state index in [1.807, 2.05) is 37.3 Å². The van der Waals surface area contributed by atoms with Crippen molar-refractivity contribution < 1.29 is 32.2 Å². The predicted molar refractivity (Wildman–Crippen MR) is 105 cm³/mol. The van der Waals surface area contributed by atoms with Gasteiger partial charge in [0.1, 0.15) is 17.1 Å². The Bertz CT molecular complexity index is 1070. The third-order valence-electron chi connectivity index (χ3n) is 4.73. The molecule has 3 aromatic carbocycles. The van der Waals surface area contributed by atoms with Gasteiger partial charge >= 0.3 is 5.97 Å². The van der Waals surface area contributed by atoms with Crippen LogP contribution < -0.4 is 14.2 Å². The van der Waals surface area contributed by atoms with E-state index in [4.69, 9.17) is 9.47 Å². The van der Waals surface area contributed by atoms with E-state index < -0.39 is 34.7 Å². The van der Waals surface area contributed by atoms with Crippen molar-refractivity contribution in [2.45, 2.75) is 12.8 Å². The lowest BCUT2D eigenvalue weighted by atomic mass is 9.92. The highest BCUT2D eigenvalue weighted by molar-refractivity contribution is 5.92. The van der Waals surface area contributed by atoms with Gasteiger partial charge < -0.3 is 14.2 Å². The molecule has 4 nitrogen and oxygen atoms in total. The zero-order valence-electron chi connectivity index (χ0n) is 16.5. The molecule has 0 aliphatic carbocycles. The van der Waals surface area contributed by atoms with Gasteiger partial charge in [-0.15, -0.1) is 0 Å². The van der Waals surface area contributed by atoms with Crippen LogP contribution in [-0.4, -0.2) is 20.2 Å². The summed E-state index contributed by atoms with van der Waals surface area (Å²) in [5.41, 5.74) is 0.771. The van der Waals surface area contributed by atoms with E-state index in [9.17, 15) is 18.0 Å². The summed E-state index contributed by atoms with van der Waals surface area (Å²) in [6.07, 6.45) is 0. The van der Waals surface area contributed by atoms with E-state index in [0.717, 1.165) is 12.7 Å². The summed E-state index contributed by atoms with van der Waals surface area (Å²) in [5, 5.41) is 0. The number of esters is 1. The zero-order chi connectivity index (χ0) is 21.8. The first-order valence-corrected chi connectivity index (χ1v) is 9.03.